The topological polar surface area (TPSA) is 29.1 Å². The maximum Gasteiger partial charge on any atom is 0.150 e. The Bertz CT molecular complexity index is 344. The molecule has 1 N–H and O–H groups in total. The molecule has 86 valence electrons. The second kappa shape index (κ2) is 5.15. The first-order valence-corrected chi connectivity index (χ1v) is 6.11. The molecule has 2 heteroatoms. The Balaban J connectivity index is 1.99. The largest absolute Gasteiger partial charge is 0.382 e. The molecule has 2 rings (SSSR count). The lowest BCUT2D eigenvalue weighted by Crippen LogP contribution is -2.30. The fourth-order valence-corrected chi connectivity index (χ4v) is 2.40. The van der Waals surface area contributed by atoms with Crippen LogP contribution in [0.4, 0.5) is 5.69 Å². The van der Waals surface area contributed by atoms with Crippen LogP contribution in [0.3, 0.4) is 0 Å². The van der Waals surface area contributed by atoms with Crippen molar-refractivity contribution in [1.29, 1.82) is 0 Å². The first kappa shape index (κ1) is 11.2. The molecule has 16 heavy (non-hydrogen) atoms. The minimum absolute atomic E-state index is 0.593. The van der Waals surface area contributed by atoms with E-state index in [0.29, 0.717) is 6.04 Å². The highest BCUT2D eigenvalue weighted by Crippen LogP contribution is 2.26. The maximum atomic E-state index is 10.5. The van der Waals surface area contributed by atoms with Gasteiger partial charge in [-0.2, -0.15) is 0 Å². The molecule has 0 heterocycles. The first-order chi connectivity index (χ1) is 7.79. The van der Waals surface area contributed by atoms with Gasteiger partial charge in [0.1, 0.15) is 6.29 Å². The Kier molecular flexibility index (Phi) is 3.60. The van der Waals surface area contributed by atoms with E-state index in [1.807, 2.05) is 24.3 Å². The number of carbonyl (C=O) groups excluding carboxylic acids is 1. The molecule has 0 spiro atoms. The van der Waals surface area contributed by atoms with Crippen molar-refractivity contribution < 1.29 is 4.79 Å². The van der Waals surface area contributed by atoms with Crippen LogP contribution < -0.4 is 5.32 Å². The summed E-state index contributed by atoms with van der Waals surface area (Å²) < 4.78 is 0. The van der Waals surface area contributed by atoms with Crippen molar-refractivity contribution in [3.05, 3.63) is 29.8 Å². The summed E-state index contributed by atoms with van der Waals surface area (Å²) >= 11 is 0. The number of nitrogens with one attached hydrogen (secondary N) is 1. The minimum atomic E-state index is 0.593. The van der Waals surface area contributed by atoms with E-state index in [1.54, 1.807) is 0 Å². The molecule has 1 aromatic rings. The SMILES string of the molecule is CC1CCCCC1Nc1ccc(C=O)cc1. The molecule has 1 aliphatic carbocycles. The van der Waals surface area contributed by atoms with E-state index in [4.69, 9.17) is 0 Å². The lowest BCUT2D eigenvalue weighted by Gasteiger charge is -2.30. The second-order valence-corrected chi connectivity index (χ2v) is 4.75. The van der Waals surface area contributed by atoms with E-state index >= 15 is 0 Å². The number of hydrogen-bond acceptors (Lipinski definition) is 2. The molecule has 0 amide bonds. The van der Waals surface area contributed by atoms with Crippen molar-refractivity contribution in [2.45, 2.75) is 38.6 Å². The van der Waals surface area contributed by atoms with Crippen LogP contribution in [0.25, 0.3) is 0 Å². The van der Waals surface area contributed by atoms with Gasteiger partial charge in [-0.15, -0.1) is 0 Å². The average molecular weight is 217 g/mol. The van der Waals surface area contributed by atoms with Crippen molar-refractivity contribution in [1.82, 2.24) is 0 Å². The Hall–Kier alpha value is -1.31. The fraction of sp³-hybridized carbons (Fsp3) is 0.500. The van der Waals surface area contributed by atoms with Crippen LogP contribution in [0.5, 0.6) is 0 Å². The third kappa shape index (κ3) is 2.63. The van der Waals surface area contributed by atoms with E-state index in [1.165, 1.54) is 25.7 Å². The van der Waals surface area contributed by atoms with Crippen molar-refractivity contribution in [3.63, 3.8) is 0 Å². The molecule has 1 saturated carbocycles. The van der Waals surface area contributed by atoms with Crippen LogP contribution in [0.15, 0.2) is 24.3 Å². The third-order valence-corrected chi connectivity index (χ3v) is 3.51. The van der Waals surface area contributed by atoms with Crippen molar-refractivity contribution >= 4 is 12.0 Å². The fourth-order valence-electron chi connectivity index (χ4n) is 2.40. The van der Waals surface area contributed by atoms with E-state index in [9.17, 15) is 4.79 Å². The quantitative estimate of drug-likeness (QED) is 0.785. The molecule has 1 aromatic carbocycles. The van der Waals surface area contributed by atoms with Crippen LogP contribution in [-0.4, -0.2) is 12.3 Å². The van der Waals surface area contributed by atoms with Gasteiger partial charge in [0.05, 0.1) is 0 Å². The van der Waals surface area contributed by atoms with Crippen molar-refractivity contribution in [3.8, 4) is 0 Å². The molecule has 0 aliphatic heterocycles. The van der Waals surface area contributed by atoms with Crippen LogP contribution >= 0.6 is 0 Å². The molecular formula is C14H19NO. The average Bonchev–Trinajstić information content (AvgIpc) is 2.33. The molecular weight excluding hydrogens is 198 g/mol. The number of rotatable bonds is 3. The molecule has 0 aromatic heterocycles. The van der Waals surface area contributed by atoms with Gasteiger partial charge in [0.2, 0.25) is 0 Å². The Morgan fingerprint density at radius 1 is 1.19 bits per heavy atom. The van der Waals surface area contributed by atoms with Crippen molar-refractivity contribution in [2.75, 3.05) is 5.32 Å². The highest BCUT2D eigenvalue weighted by Gasteiger charge is 2.20. The summed E-state index contributed by atoms with van der Waals surface area (Å²) in [6, 6.07) is 8.30. The van der Waals surface area contributed by atoms with Gasteiger partial charge >= 0.3 is 0 Å². The molecule has 0 bridgehead atoms. The highest BCUT2D eigenvalue weighted by atomic mass is 16.1. The van der Waals surface area contributed by atoms with Gasteiger partial charge < -0.3 is 5.32 Å². The summed E-state index contributed by atoms with van der Waals surface area (Å²) in [5.74, 6) is 0.750. The molecule has 2 atom stereocenters. The van der Waals surface area contributed by atoms with E-state index in [-0.39, 0.29) is 0 Å². The summed E-state index contributed by atoms with van der Waals surface area (Å²) in [6.45, 7) is 2.32. The third-order valence-electron chi connectivity index (χ3n) is 3.51. The van der Waals surface area contributed by atoms with Gasteiger partial charge in [-0.25, -0.2) is 0 Å². The number of anilines is 1. The van der Waals surface area contributed by atoms with Gasteiger partial charge in [-0.05, 0) is 43.0 Å². The molecule has 0 saturated heterocycles. The van der Waals surface area contributed by atoms with E-state index < -0.39 is 0 Å². The molecule has 2 nitrogen and oxygen atoms in total. The normalized spacial score (nSPS) is 25.1. The van der Waals surface area contributed by atoms with Gasteiger partial charge in [0.25, 0.3) is 0 Å². The van der Waals surface area contributed by atoms with Crippen LogP contribution in [0.2, 0.25) is 0 Å². The zero-order valence-electron chi connectivity index (χ0n) is 9.78. The predicted molar refractivity (Wildman–Crippen MR) is 66.9 cm³/mol. The van der Waals surface area contributed by atoms with Crippen molar-refractivity contribution in [2.24, 2.45) is 5.92 Å². The molecule has 1 aliphatic rings. The lowest BCUT2D eigenvalue weighted by atomic mass is 9.86. The summed E-state index contributed by atoms with van der Waals surface area (Å²) in [6.07, 6.45) is 6.16. The first-order valence-electron chi connectivity index (χ1n) is 6.11. The minimum Gasteiger partial charge on any atom is -0.382 e. The summed E-state index contributed by atoms with van der Waals surface area (Å²) in [7, 11) is 0. The number of carbonyl (C=O) groups is 1. The van der Waals surface area contributed by atoms with E-state index in [2.05, 4.69) is 12.2 Å². The Morgan fingerprint density at radius 2 is 1.88 bits per heavy atom. The number of hydrogen-bond donors (Lipinski definition) is 1. The summed E-state index contributed by atoms with van der Waals surface area (Å²) in [5, 5.41) is 3.57. The predicted octanol–water partition coefficient (Wildman–Crippen LogP) is 3.49. The standard InChI is InChI=1S/C14H19NO/c1-11-4-2-3-5-14(11)15-13-8-6-12(10-16)7-9-13/h6-11,14-15H,2-5H2,1H3. The monoisotopic (exact) mass is 217 g/mol. The summed E-state index contributed by atoms with van der Waals surface area (Å²) in [4.78, 5) is 10.5. The molecule has 1 fully saturated rings. The van der Waals surface area contributed by atoms with E-state index in [0.717, 1.165) is 23.5 Å². The van der Waals surface area contributed by atoms with Gasteiger partial charge in [-0.3, -0.25) is 4.79 Å². The Labute approximate surface area is 97.1 Å². The van der Waals surface area contributed by atoms with Crippen LogP contribution in [-0.2, 0) is 0 Å². The highest BCUT2D eigenvalue weighted by molar-refractivity contribution is 5.75. The van der Waals surface area contributed by atoms with Gasteiger partial charge in [0, 0.05) is 17.3 Å². The smallest absolute Gasteiger partial charge is 0.150 e. The lowest BCUT2D eigenvalue weighted by molar-refractivity contribution is 0.112. The maximum absolute atomic E-state index is 10.5. The number of benzene rings is 1. The summed E-state index contributed by atoms with van der Waals surface area (Å²) in [5.41, 5.74) is 1.87. The zero-order valence-corrected chi connectivity index (χ0v) is 9.78. The van der Waals surface area contributed by atoms with Gasteiger partial charge in [0.15, 0.2) is 0 Å². The second-order valence-electron chi connectivity index (χ2n) is 4.75. The number of aldehydes is 1. The molecule has 0 radical (unpaired) electrons. The van der Waals surface area contributed by atoms with Gasteiger partial charge in [-0.1, -0.05) is 19.8 Å². The Morgan fingerprint density at radius 3 is 2.50 bits per heavy atom. The molecule has 2 unspecified atom stereocenters. The van der Waals surface area contributed by atoms with Crippen LogP contribution in [0.1, 0.15) is 43.0 Å². The zero-order chi connectivity index (χ0) is 11.4. The van der Waals surface area contributed by atoms with Crippen LogP contribution in [0, 0.1) is 5.92 Å².